The number of benzene rings is 1. The fourth-order valence-corrected chi connectivity index (χ4v) is 1.93. The van der Waals surface area contributed by atoms with E-state index in [4.69, 9.17) is 9.84 Å². The Morgan fingerprint density at radius 3 is 2.62 bits per heavy atom. The van der Waals surface area contributed by atoms with Crippen molar-refractivity contribution in [1.82, 2.24) is 4.57 Å². The number of pyridine rings is 1. The second-order valence-electron chi connectivity index (χ2n) is 4.45. The Hall–Kier alpha value is -2.82. The minimum atomic E-state index is -1.01. The Kier molecular flexibility index (Phi) is 4.56. The molecule has 0 bridgehead atoms. The normalized spacial score (nSPS) is 10.7. The van der Waals surface area contributed by atoms with E-state index in [2.05, 4.69) is 0 Å². The number of nitrogens with zero attached hydrogens (tertiary/aromatic N) is 1. The van der Waals surface area contributed by atoms with Gasteiger partial charge in [0.2, 0.25) is 0 Å². The largest absolute Gasteiger partial charge is 0.496 e. The molecule has 0 aliphatic carbocycles. The van der Waals surface area contributed by atoms with Gasteiger partial charge < -0.3 is 14.4 Å². The zero-order valence-corrected chi connectivity index (χ0v) is 11.5. The van der Waals surface area contributed by atoms with Gasteiger partial charge in [0.25, 0.3) is 0 Å². The molecule has 0 saturated carbocycles. The first-order chi connectivity index (χ1) is 10.1. The standard InChI is InChI=1S/C16H15NO4/c1-21-15-4-2-12(10-13(15)3-5-16(19)20)11-17-8-6-14(18)7-9-17/h2-10H,11H2,1H3,(H,19,20). The first-order valence-electron chi connectivity index (χ1n) is 6.32. The first kappa shape index (κ1) is 14.6. The van der Waals surface area contributed by atoms with Gasteiger partial charge in [0.15, 0.2) is 5.43 Å². The predicted molar refractivity (Wildman–Crippen MR) is 79.5 cm³/mol. The van der Waals surface area contributed by atoms with E-state index in [-0.39, 0.29) is 5.43 Å². The van der Waals surface area contributed by atoms with E-state index in [0.717, 1.165) is 11.6 Å². The van der Waals surface area contributed by atoms with Crippen molar-refractivity contribution < 1.29 is 14.6 Å². The van der Waals surface area contributed by atoms with Crippen LogP contribution < -0.4 is 10.2 Å². The summed E-state index contributed by atoms with van der Waals surface area (Å²) < 4.78 is 7.08. The molecule has 0 aliphatic rings. The summed E-state index contributed by atoms with van der Waals surface area (Å²) in [5.74, 6) is -0.404. The van der Waals surface area contributed by atoms with Crippen LogP contribution in [0.4, 0.5) is 0 Å². The molecule has 21 heavy (non-hydrogen) atoms. The smallest absolute Gasteiger partial charge is 0.328 e. The number of hydrogen-bond donors (Lipinski definition) is 1. The molecular formula is C16H15NO4. The molecule has 0 unspecified atom stereocenters. The van der Waals surface area contributed by atoms with E-state index in [0.29, 0.717) is 17.9 Å². The Labute approximate surface area is 121 Å². The minimum absolute atomic E-state index is 0.0361. The van der Waals surface area contributed by atoms with Crippen molar-refractivity contribution >= 4 is 12.0 Å². The summed E-state index contributed by atoms with van der Waals surface area (Å²) >= 11 is 0. The Balaban J connectivity index is 2.28. The zero-order chi connectivity index (χ0) is 15.2. The highest BCUT2D eigenvalue weighted by molar-refractivity contribution is 5.86. The second kappa shape index (κ2) is 6.56. The number of carboxylic acid groups (broad SMARTS) is 1. The number of hydrogen-bond acceptors (Lipinski definition) is 3. The van der Waals surface area contributed by atoms with Crippen LogP contribution in [0.25, 0.3) is 6.08 Å². The van der Waals surface area contributed by atoms with Crippen molar-refractivity contribution in [2.75, 3.05) is 7.11 Å². The Bertz CT molecular complexity index is 711. The van der Waals surface area contributed by atoms with Crippen molar-refractivity contribution in [2.24, 2.45) is 0 Å². The Morgan fingerprint density at radius 1 is 1.29 bits per heavy atom. The van der Waals surface area contributed by atoms with Gasteiger partial charge in [0.1, 0.15) is 5.75 Å². The molecule has 0 amide bonds. The maximum absolute atomic E-state index is 11.1. The number of rotatable bonds is 5. The van der Waals surface area contributed by atoms with Crippen LogP contribution in [0.5, 0.6) is 5.75 Å². The van der Waals surface area contributed by atoms with E-state index >= 15 is 0 Å². The molecule has 2 rings (SSSR count). The summed E-state index contributed by atoms with van der Waals surface area (Å²) in [5, 5.41) is 8.71. The molecule has 1 N–H and O–H groups in total. The monoisotopic (exact) mass is 285 g/mol. The molecule has 0 aliphatic heterocycles. The van der Waals surface area contributed by atoms with Gasteiger partial charge in [-0.15, -0.1) is 0 Å². The van der Waals surface area contributed by atoms with Crippen LogP contribution in [0.2, 0.25) is 0 Å². The highest BCUT2D eigenvalue weighted by Crippen LogP contribution is 2.21. The van der Waals surface area contributed by atoms with Crippen molar-refractivity contribution in [2.45, 2.75) is 6.54 Å². The average molecular weight is 285 g/mol. The maximum Gasteiger partial charge on any atom is 0.328 e. The molecule has 0 spiro atoms. The minimum Gasteiger partial charge on any atom is -0.496 e. The number of ether oxygens (including phenoxy) is 1. The molecule has 5 heteroatoms. The van der Waals surface area contributed by atoms with Gasteiger partial charge in [-0.05, 0) is 23.8 Å². The molecule has 0 fully saturated rings. The fourth-order valence-electron chi connectivity index (χ4n) is 1.93. The van der Waals surface area contributed by atoms with E-state index in [9.17, 15) is 9.59 Å². The van der Waals surface area contributed by atoms with Crippen LogP contribution in [0, 0.1) is 0 Å². The van der Waals surface area contributed by atoms with E-state index in [1.165, 1.54) is 25.3 Å². The quantitative estimate of drug-likeness (QED) is 0.853. The molecule has 0 atom stereocenters. The lowest BCUT2D eigenvalue weighted by Crippen LogP contribution is -2.05. The molecule has 1 aromatic heterocycles. The van der Waals surface area contributed by atoms with Crippen LogP contribution in [0.15, 0.2) is 53.6 Å². The van der Waals surface area contributed by atoms with Crippen LogP contribution in [0.3, 0.4) is 0 Å². The van der Waals surface area contributed by atoms with Crippen molar-refractivity contribution in [1.29, 1.82) is 0 Å². The third-order valence-electron chi connectivity index (χ3n) is 2.93. The second-order valence-corrected chi connectivity index (χ2v) is 4.45. The Morgan fingerprint density at radius 2 is 2.00 bits per heavy atom. The zero-order valence-electron chi connectivity index (χ0n) is 11.5. The molecule has 1 aromatic carbocycles. The summed E-state index contributed by atoms with van der Waals surface area (Å²) in [5.41, 5.74) is 1.63. The van der Waals surface area contributed by atoms with Crippen LogP contribution >= 0.6 is 0 Å². The highest BCUT2D eigenvalue weighted by Gasteiger charge is 2.03. The maximum atomic E-state index is 11.1. The molecule has 5 nitrogen and oxygen atoms in total. The molecule has 2 aromatic rings. The predicted octanol–water partition coefficient (Wildman–Crippen LogP) is 2.00. The topological polar surface area (TPSA) is 68.5 Å². The van der Waals surface area contributed by atoms with Crippen LogP contribution in [-0.4, -0.2) is 22.8 Å². The van der Waals surface area contributed by atoms with Crippen LogP contribution in [-0.2, 0) is 11.3 Å². The van der Waals surface area contributed by atoms with Gasteiger partial charge in [-0.1, -0.05) is 6.07 Å². The summed E-state index contributed by atoms with van der Waals surface area (Å²) in [6.07, 6.45) is 5.98. The number of carboxylic acids is 1. The number of carbonyl (C=O) groups is 1. The van der Waals surface area contributed by atoms with Gasteiger partial charge >= 0.3 is 5.97 Å². The van der Waals surface area contributed by atoms with Crippen LogP contribution in [0.1, 0.15) is 11.1 Å². The van der Waals surface area contributed by atoms with Crippen molar-refractivity contribution in [3.05, 3.63) is 70.2 Å². The van der Waals surface area contributed by atoms with Crippen molar-refractivity contribution in [3.8, 4) is 5.75 Å². The van der Waals surface area contributed by atoms with E-state index in [1.807, 2.05) is 16.7 Å². The third kappa shape index (κ3) is 4.07. The summed E-state index contributed by atoms with van der Waals surface area (Å²) in [6, 6.07) is 8.54. The highest BCUT2D eigenvalue weighted by atomic mass is 16.5. The SMILES string of the molecule is COc1ccc(Cn2ccc(=O)cc2)cc1C=CC(=O)O. The van der Waals surface area contributed by atoms with Crippen molar-refractivity contribution in [3.63, 3.8) is 0 Å². The third-order valence-corrected chi connectivity index (χ3v) is 2.93. The summed E-state index contributed by atoms with van der Waals surface area (Å²) in [7, 11) is 1.54. The molecule has 108 valence electrons. The van der Waals surface area contributed by atoms with Gasteiger partial charge in [0, 0.05) is 42.7 Å². The summed E-state index contributed by atoms with van der Waals surface area (Å²) in [4.78, 5) is 21.7. The van der Waals surface area contributed by atoms with E-state index in [1.54, 1.807) is 18.5 Å². The number of aliphatic carboxylic acids is 1. The van der Waals surface area contributed by atoms with Gasteiger partial charge in [-0.25, -0.2) is 4.79 Å². The molecule has 0 saturated heterocycles. The molecule has 1 heterocycles. The average Bonchev–Trinajstić information content (AvgIpc) is 2.47. The fraction of sp³-hybridized carbons (Fsp3) is 0.125. The van der Waals surface area contributed by atoms with E-state index < -0.39 is 5.97 Å². The van der Waals surface area contributed by atoms with Gasteiger partial charge in [-0.2, -0.15) is 0 Å². The summed E-state index contributed by atoms with van der Waals surface area (Å²) in [6.45, 7) is 0.582. The lowest BCUT2D eigenvalue weighted by molar-refractivity contribution is -0.131. The first-order valence-corrected chi connectivity index (χ1v) is 6.32. The lowest BCUT2D eigenvalue weighted by atomic mass is 10.1. The molecule has 0 radical (unpaired) electrons. The lowest BCUT2D eigenvalue weighted by Gasteiger charge is -2.10. The van der Waals surface area contributed by atoms with Gasteiger partial charge in [0.05, 0.1) is 7.11 Å². The number of methoxy groups -OCH3 is 1. The molecular weight excluding hydrogens is 270 g/mol. The number of aromatic nitrogens is 1. The van der Waals surface area contributed by atoms with Gasteiger partial charge in [-0.3, -0.25) is 4.79 Å².